The summed E-state index contributed by atoms with van der Waals surface area (Å²) in [5, 5.41) is 2.72. The first-order chi connectivity index (χ1) is 15.2. The van der Waals surface area contributed by atoms with Crippen LogP contribution in [0.15, 0.2) is 91.0 Å². The van der Waals surface area contributed by atoms with Gasteiger partial charge in [0.25, 0.3) is 0 Å². The first-order valence-electron chi connectivity index (χ1n) is 11.7. The molecule has 3 heteroatoms. The molecule has 0 aliphatic carbocycles. The third-order valence-corrected chi connectivity index (χ3v) is 16.9. The molecule has 0 N–H and O–H groups in total. The van der Waals surface area contributed by atoms with Crippen LogP contribution in [0, 0.1) is 0 Å². The maximum atomic E-state index is 4.55. The van der Waals surface area contributed by atoms with Crippen LogP contribution in [0.3, 0.4) is 0 Å². The van der Waals surface area contributed by atoms with E-state index in [0.717, 1.165) is 11.5 Å². The Morgan fingerprint density at radius 3 is 1.13 bits per heavy atom. The molecule has 0 aliphatic rings. The van der Waals surface area contributed by atoms with Crippen LogP contribution in [0.2, 0.25) is 0 Å². The zero-order chi connectivity index (χ0) is 21.9. The Labute approximate surface area is 205 Å². The number of hydrogen-bond donors (Lipinski definition) is 0. The van der Waals surface area contributed by atoms with Crippen LogP contribution < -0.4 is 15.9 Å². The molecule has 0 radical (unpaired) electrons. The van der Waals surface area contributed by atoms with Crippen LogP contribution >= 0.6 is 36.7 Å². The van der Waals surface area contributed by atoms with Crippen molar-refractivity contribution in [3.05, 3.63) is 91.0 Å². The summed E-state index contributed by atoms with van der Waals surface area (Å²) in [7, 11) is 0. The van der Waals surface area contributed by atoms with E-state index in [-0.39, 0.29) is 0 Å². The topological polar surface area (TPSA) is 0 Å². The fourth-order valence-electron chi connectivity index (χ4n) is 4.61. The van der Waals surface area contributed by atoms with Gasteiger partial charge in [-0.3, -0.25) is 0 Å². The molecule has 0 spiro atoms. The zero-order valence-electron chi connectivity index (χ0n) is 18.4. The molecule has 0 heterocycles. The predicted octanol–water partition coefficient (Wildman–Crippen LogP) is 8.34. The normalized spacial score (nSPS) is 12.9. The van der Waals surface area contributed by atoms with Gasteiger partial charge in [0.1, 0.15) is 0 Å². The maximum absolute atomic E-state index is 4.55. The first kappa shape index (κ1) is 24.7. The van der Waals surface area contributed by atoms with E-state index < -0.39 is 5.31 Å². The van der Waals surface area contributed by atoms with Crippen molar-refractivity contribution in [2.75, 3.05) is 11.5 Å². The van der Waals surface area contributed by atoms with Crippen molar-refractivity contribution in [3.63, 3.8) is 0 Å². The number of rotatable bonds is 13. The van der Waals surface area contributed by atoms with Crippen LogP contribution in [-0.2, 0) is 0 Å². The molecule has 0 nitrogen and oxygen atoms in total. The monoisotopic (exact) mass is 560 g/mol. The van der Waals surface area contributed by atoms with Gasteiger partial charge < -0.3 is 0 Å². The van der Waals surface area contributed by atoms with Crippen molar-refractivity contribution in [2.24, 2.45) is 0 Å². The zero-order valence-corrected chi connectivity index (χ0v) is 22.5. The van der Waals surface area contributed by atoms with Crippen molar-refractivity contribution in [1.82, 2.24) is 0 Å². The van der Waals surface area contributed by atoms with Crippen molar-refractivity contribution in [1.29, 1.82) is 0 Å². The summed E-state index contributed by atoms with van der Waals surface area (Å²) >= 11 is 8.09. The fraction of sp³-hybridized carbons (Fsp3) is 0.357. The number of alkyl halides is 1. The van der Waals surface area contributed by atoms with Gasteiger partial charge in [0.05, 0.1) is 0 Å². The van der Waals surface area contributed by atoms with Gasteiger partial charge in [-0.2, -0.15) is 0 Å². The van der Waals surface area contributed by atoms with Gasteiger partial charge in [-0.05, 0) is 0 Å². The predicted molar refractivity (Wildman–Crippen MR) is 150 cm³/mol. The molecule has 0 aliphatic heterocycles. The van der Waals surface area contributed by atoms with Gasteiger partial charge in [-0.15, -0.1) is 0 Å². The minimum absolute atomic E-state index is 1.14. The quantitative estimate of drug-likeness (QED) is 0.112. The molecular formula is C28H35Br2P. The molecule has 0 atom stereocenters. The van der Waals surface area contributed by atoms with Crippen molar-refractivity contribution < 1.29 is 0 Å². The van der Waals surface area contributed by atoms with Gasteiger partial charge in [0, 0.05) is 0 Å². The van der Waals surface area contributed by atoms with Gasteiger partial charge in [0.2, 0.25) is 0 Å². The van der Waals surface area contributed by atoms with Crippen LogP contribution in [0.1, 0.15) is 51.4 Å². The first-order valence-corrected chi connectivity index (χ1v) is 17.2. The standard InChI is InChI=1S/C28H35Br2P/c29-24-16-5-3-1-2-4-6-17-25-31(30,26-18-10-7-11-19-26,27-20-12-8-13-21-27)28-22-14-9-15-23-28/h7-15,18-23H,1-6,16-17,24-25H2. The number of benzene rings is 3. The van der Waals surface area contributed by atoms with E-state index in [2.05, 4.69) is 122 Å². The summed E-state index contributed by atoms with van der Waals surface area (Å²) in [5.41, 5.74) is 0. The summed E-state index contributed by atoms with van der Waals surface area (Å²) in [6.07, 6.45) is 11.8. The van der Waals surface area contributed by atoms with Crippen LogP contribution in [0.25, 0.3) is 0 Å². The fourth-order valence-corrected chi connectivity index (χ4v) is 12.8. The second kappa shape index (κ2) is 12.3. The van der Waals surface area contributed by atoms with Crippen molar-refractivity contribution in [3.8, 4) is 0 Å². The molecule has 3 rings (SSSR count). The molecule has 3 aromatic rings. The Morgan fingerprint density at radius 1 is 0.452 bits per heavy atom. The van der Waals surface area contributed by atoms with Crippen molar-refractivity contribution in [2.45, 2.75) is 51.4 Å². The number of hydrogen-bond acceptors (Lipinski definition) is 0. The van der Waals surface area contributed by atoms with Crippen LogP contribution in [-0.4, -0.2) is 11.5 Å². The molecule has 0 aromatic heterocycles. The number of unbranched alkanes of at least 4 members (excludes halogenated alkanes) is 7. The molecule has 0 saturated heterocycles. The minimum atomic E-state index is -2.72. The summed E-state index contributed by atoms with van der Waals surface area (Å²) in [5.74, 6) is 0. The van der Waals surface area contributed by atoms with E-state index >= 15 is 0 Å². The SMILES string of the molecule is BrCCCCCCCCCCP(Br)(c1ccccc1)(c1ccccc1)c1ccccc1. The molecule has 0 fully saturated rings. The summed E-state index contributed by atoms with van der Waals surface area (Å²) in [6, 6.07) is 33.5. The number of halogens is 2. The molecule has 3 aromatic carbocycles. The molecule has 166 valence electrons. The Hall–Kier alpha value is -0.950. The van der Waals surface area contributed by atoms with E-state index in [4.69, 9.17) is 0 Å². The molecule has 0 bridgehead atoms. The molecular weight excluding hydrogens is 527 g/mol. The Kier molecular flexibility index (Phi) is 9.82. The van der Waals surface area contributed by atoms with Crippen molar-refractivity contribution >= 4 is 52.6 Å². The van der Waals surface area contributed by atoms with Gasteiger partial charge in [-0.25, -0.2) is 0 Å². The van der Waals surface area contributed by atoms with Crippen LogP contribution in [0.4, 0.5) is 0 Å². The third kappa shape index (κ3) is 5.89. The Morgan fingerprint density at radius 2 is 0.774 bits per heavy atom. The Balaban J connectivity index is 1.85. The second-order valence-electron chi connectivity index (χ2n) is 8.43. The van der Waals surface area contributed by atoms with Gasteiger partial charge in [-0.1, -0.05) is 0 Å². The van der Waals surface area contributed by atoms with E-state index in [9.17, 15) is 0 Å². The molecule has 0 unspecified atom stereocenters. The van der Waals surface area contributed by atoms with E-state index in [1.165, 1.54) is 67.3 Å². The van der Waals surface area contributed by atoms with Gasteiger partial charge >= 0.3 is 206 Å². The van der Waals surface area contributed by atoms with Crippen LogP contribution in [0.5, 0.6) is 0 Å². The molecule has 0 amide bonds. The summed E-state index contributed by atoms with van der Waals surface area (Å²) < 4.78 is 0. The van der Waals surface area contributed by atoms with E-state index in [1.54, 1.807) is 0 Å². The summed E-state index contributed by atoms with van der Waals surface area (Å²) in [6.45, 7) is 0. The molecule has 31 heavy (non-hydrogen) atoms. The summed E-state index contributed by atoms with van der Waals surface area (Å²) in [4.78, 5) is 0. The molecule has 0 saturated carbocycles. The van der Waals surface area contributed by atoms with Gasteiger partial charge in [0.15, 0.2) is 0 Å². The Bertz CT molecular complexity index is 781. The van der Waals surface area contributed by atoms with E-state index in [1.807, 2.05) is 0 Å². The third-order valence-electron chi connectivity index (χ3n) is 6.35. The average molecular weight is 562 g/mol. The van der Waals surface area contributed by atoms with E-state index in [0.29, 0.717) is 0 Å². The average Bonchev–Trinajstić information content (AvgIpc) is 2.84. The second-order valence-corrected chi connectivity index (χ2v) is 18.3.